The summed E-state index contributed by atoms with van der Waals surface area (Å²) in [7, 11) is 0. The molecule has 3 aromatic rings. The van der Waals surface area contributed by atoms with Crippen LogP contribution in [0, 0.1) is 11.7 Å². The fourth-order valence-corrected chi connectivity index (χ4v) is 6.87. The molecule has 1 unspecified atom stereocenters. The Kier molecular flexibility index (Phi) is 8.20. The Bertz CT molecular complexity index is 1590. The van der Waals surface area contributed by atoms with Crippen molar-refractivity contribution in [1.82, 2.24) is 20.2 Å². The molecular formula is C32H33F7N4O3. The predicted octanol–water partition coefficient (Wildman–Crippen LogP) is 7.42. The van der Waals surface area contributed by atoms with Crippen molar-refractivity contribution in [2.24, 2.45) is 5.92 Å². The molecule has 14 heteroatoms. The topological polar surface area (TPSA) is 87.3 Å². The van der Waals surface area contributed by atoms with E-state index in [4.69, 9.17) is 4.74 Å². The number of benzene rings is 2. The molecule has 0 bridgehead atoms. The third kappa shape index (κ3) is 6.39. The van der Waals surface area contributed by atoms with E-state index >= 15 is 4.39 Å². The SMILES string of the molecule is O=C(NC(c1nc2c(F)c(C3(C(=O)N4CC(F)(F)C4)CCC(F)(F)CC3)ccc2[nH]1)C1CCC(F)(F)CC1)OCc1ccccc1. The zero-order chi connectivity index (χ0) is 32.9. The molecule has 2 saturated carbocycles. The number of alkyl halides is 6. The molecule has 2 aliphatic carbocycles. The Balaban J connectivity index is 1.32. The lowest BCUT2D eigenvalue weighted by Gasteiger charge is -2.47. The normalized spacial score (nSPS) is 22.5. The van der Waals surface area contributed by atoms with Crippen molar-refractivity contribution < 1.29 is 45.1 Å². The molecule has 2 heterocycles. The maximum absolute atomic E-state index is 16.4. The summed E-state index contributed by atoms with van der Waals surface area (Å²) in [4.78, 5) is 34.7. The van der Waals surface area contributed by atoms with Gasteiger partial charge in [-0.05, 0) is 43.2 Å². The number of halogens is 7. The Hall–Kier alpha value is -3.84. The van der Waals surface area contributed by atoms with Crippen molar-refractivity contribution in [3.05, 3.63) is 65.2 Å². The summed E-state index contributed by atoms with van der Waals surface area (Å²) in [6.07, 6.45) is -3.96. The number of likely N-dealkylation sites (tertiary alicyclic amines) is 1. The fourth-order valence-electron chi connectivity index (χ4n) is 6.87. The van der Waals surface area contributed by atoms with Crippen molar-refractivity contribution in [2.75, 3.05) is 13.1 Å². The Labute approximate surface area is 259 Å². The highest BCUT2D eigenvalue weighted by Gasteiger charge is 2.56. The summed E-state index contributed by atoms with van der Waals surface area (Å²) < 4.78 is 106. The Morgan fingerprint density at radius 1 is 0.891 bits per heavy atom. The first-order valence-corrected chi connectivity index (χ1v) is 15.3. The number of hydrogen-bond acceptors (Lipinski definition) is 4. The number of aromatic nitrogens is 2. The number of nitrogens with one attached hydrogen (secondary N) is 2. The molecule has 1 saturated heterocycles. The van der Waals surface area contributed by atoms with E-state index in [9.17, 15) is 35.9 Å². The highest BCUT2D eigenvalue weighted by Crippen LogP contribution is 2.49. The van der Waals surface area contributed by atoms with Crippen LogP contribution in [0.5, 0.6) is 0 Å². The lowest BCUT2D eigenvalue weighted by molar-refractivity contribution is -0.175. The van der Waals surface area contributed by atoms with Crippen LogP contribution in [0.1, 0.15) is 74.4 Å². The summed E-state index contributed by atoms with van der Waals surface area (Å²) in [5.74, 6) is -11.3. The number of aromatic amines is 1. The summed E-state index contributed by atoms with van der Waals surface area (Å²) >= 11 is 0. The van der Waals surface area contributed by atoms with Gasteiger partial charge in [-0.2, -0.15) is 0 Å². The van der Waals surface area contributed by atoms with E-state index in [1.807, 2.05) is 0 Å². The van der Waals surface area contributed by atoms with Gasteiger partial charge in [0.25, 0.3) is 5.92 Å². The maximum Gasteiger partial charge on any atom is 0.408 e. The number of ether oxygens (including phenoxy) is 1. The number of carbonyl (C=O) groups is 2. The number of H-pyrrole nitrogens is 1. The third-order valence-electron chi connectivity index (χ3n) is 9.52. The van der Waals surface area contributed by atoms with Gasteiger partial charge in [-0.3, -0.25) is 4.79 Å². The second-order valence-electron chi connectivity index (χ2n) is 12.8. The van der Waals surface area contributed by atoms with Crippen LogP contribution in [0.4, 0.5) is 35.5 Å². The molecule has 2 amide bonds. The lowest BCUT2D eigenvalue weighted by Crippen LogP contribution is -2.63. The first-order valence-electron chi connectivity index (χ1n) is 15.3. The minimum atomic E-state index is -3.11. The molecule has 0 radical (unpaired) electrons. The largest absolute Gasteiger partial charge is 0.445 e. The molecule has 2 N–H and O–H groups in total. The van der Waals surface area contributed by atoms with Crippen molar-refractivity contribution in [3.63, 3.8) is 0 Å². The van der Waals surface area contributed by atoms with E-state index < -0.39 is 105 Å². The second kappa shape index (κ2) is 11.8. The highest BCUT2D eigenvalue weighted by atomic mass is 19.3. The molecule has 46 heavy (non-hydrogen) atoms. The summed E-state index contributed by atoms with van der Waals surface area (Å²) in [5.41, 5.74) is -1.41. The second-order valence-corrected chi connectivity index (χ2v) is 12.8. The standard InChI is InChI=1S/C32H33F7N4O3/c33-23-21(29(12-14-31(36,37)15-13-29)27(44)43-17-32(38,39)18-43)6-7-22-25(23)41-26(40-22)24(20-8-10-30(34,35)11-9-20)42-28(45)46-16-19-4-2-1-3-5-19/h1-7,20,24H,8-18H2,(H,40,41)(H,42,45). The van der Waals surface area contributed by atoms with Gasteiger partial charge >= 0.3 is 6.09 Å². The number of imidazole rings is 1. The lowest BCUT2D eigenvalue weighted by atomic mass is 9.66. The van der Waals surface area contributed by atoms with Gasteiger partial charge in [0.05, 0.1) is 30.1 Å². The first-order chi connectivity index (χ1) is 21.7. The van der Waals surface area contributed by atoms with Gasteiger partial charge < -0.3 is 19.9 Å². The molecular weight excluding hydrogens is 621 g/mol. The van der Waals surface area contributed by atoms with Gasteiger partial charge in [-0.25, -0.2) is 40.5 Å². The molecule has 1 aromatic heterocycles. The van der Waals surface area contributed by atoms with E-state index in [0.29, 0.717) is 0 Å². The quantitative estimate of drug-likeness (QED) is 0.260. The molecule has 7 nitrogen and oxygen atoms in total. The number of fused-ring (bicyclic) bond motifs is 1. The molecule has 1 atom stereocenters. The number of carbonyl (C=O) groups excluding carboxylic acids is 2. The van der Waals surface area contributed by atoms with Gasteiger partial charge in [0.2, 0.25) is 17.8 Å². The van der Waals surface area contributed by atoms with Crippen LogP contribution in [-0.4, -0.2) is 57.7 Å². The van der Waals surface area contributed by atoms with E-state index in [1.54, 1.807) is 30.3 Å². The van der Waals surface area contributed by atoms with Crippen LogP contribution in [0.2, 0.25) is 0 Å². The molecule has 6 rings (SSSR count). The van der Waals surface area contributed by atoms with Crippen LogP contribution in [-0.2, 0) is 21.6 Å². The monoisotopic (exact) mass is 654 g/mol. The Morgan fingerprint density at radius 3 is 2.15 bits per heavy atom. The maximum atomic E-state index is 16.4. The zero-order valence-electron chi connectivity index (χ0n) is 24.7. The average molecular weight is 655 g/mol. The predicted molar refractivity (Wildman–Crippen MR) is 152 cm³/mol. The van der Waals surface area contributed by atoms with Crippen LogP contribution in [0.3, 0.4) is 0 Å². The van der Waals surface area contributed by atoms with Gasteiger partial charge in [-0.15, -0.1) is 0 Å². The number of rotatable bonds is 7. The molecule has 3 fully saturated rings. The molecule has 3 aliphatic rings. The molecule has 1 aliphatic heterocycles. The Morgan fingerprint density at radius 2 is 1.52 bits per heavy atom. The minimum Gasteiger partial charge on any atom is -0.445 e. The van der Waals surface area contributed by atoms with Crippen molar-refractivity contribution >= 4 is 23.0 Å². The minimum absolute atomic E-state index is 0.0354. The van der Waals surface area contributed by atoms with Crippen LogP contribution in [0.25, 0.3) is 11.0 Å². The van der Waals surface area contributed by atoms with E-state index in [1.165, 1.54) is 12.1 Å². The molecule has 0 spiro atoms. The van der Waals surface area contributed by atoms with Crippen molar-refractivity contribution in [2.45, 2.75) is 87.2 Å². The smallest absolute Gasteiger partial charge is 0.408 e. The summed E-state index contributed by atoms with van der Waals surface area (Å²) in [5, 5.41) is 2.69. The van der Waals surface area contributed by atoms with Crippen LogP contribution >= 0.6 is 0 Å². The number of hydrogen-bond donors (Lipinski definition) is 2. The molecule has 2 aromatic carbocycles. The van der Waals surface area contributed by atoms with Crippen molar-refractivity contribution in [3.8, 4) is 0 Å². The van der Waals surface area contributed by atoms with E-state index in [2.05, 4.69) is 15.3 Å². The average Bonchev–Trinajstić information content (AvgIpc) is 3.44. The zero-order valence-corrected chi connectivity index (χ0v) is 24.7. The fraction of sp³-hybridized carbons (Fsp3) is 0.531. The van der Waals surface area contributed by atoms with Gasteiger partial charge in [0, 0.05) is 31.2 Å². The first kappa shape index (κ1) is 32.1. The third-order valence-corrected chi connectivity index (χ3v) is 9.52. The van der Waals surface area contributed by atoms with Crippen LogP contribution in [0.15, 0.2) is 42.5 Å². The van der Waals surface area contributed by atoms with Crippen molar-refractivity contribution in [1.29, 1.82) is 0 Å². The summed E-state index contributed by atoms with van der Waals surface area (Å²) in [6.45, 7) is -1.82. The van der Waals surface area contributed by atoms with Gasteiger partial charge in [0.15, 0.2) is 5.82 Å². The number of amides is 2. The van der Waals surface area contributed by atoms with Crippen LogP contribution < -0.4 is 5.32 Å². The summed E-state index contributed by atoms with van der Waals surface area (Å²) in [6, 6.07) is 10.6. The number of nitrogens with zero attached hydrogens (tertiary/aromatic N) is 2. The van der Waals surface area contributed by atoms with E-state index in [-0.39, 0.29) is 41.9 Å². The molecule has 248 valence electrons. The van der Waals surface area contributed by atoms with Gasteiger partial charge in [-0.1, -0.05) is 36.4 Å². The highest BCUT2D eigenvalue weighted by molar-refractivity contribution is 5.91. The number of alkyl carbamates (subject to hydrolysis) is 1. The van der Waals surface area contributed by atoms with E-state index in [0.717, 1.165) is 10.5 Å². The van der Waals surface area contributed by atoms with Gasteiger partial charge in [0.1, 0.15) is 17.9 Å².